The van der Waals surface area contributed by atoms with Crippen LogP contribution in [0.25, 0.3) is 0 Å². The van der Waals surface area contributed by atoms with E-state index >= 15 is 0 Å². The summed E-state index contributed by atoms with van der Waals surface area (Å²) in [5, 5.41) is 36.0. The van der Waals surface area contributed by atoms with Crippen molar-refractivity contribution in [1.82, 2.24) is 16.0 Å². The number of carbonyl (C=O) groups is 4. The number of aliphatic carboxylic acids is 1. The molecule has 0 aromatic heterocycles. The molecule has 3 amide bonds. The van der Waals surface area contributed by atoms with E-state index in [9.17, 15) is 34.3 Å². The van der Waals surface area contributed by atoms with Crippen molar-refractivity contribution < 1.29 is 43.6 Å². The molecule has 2 aromatic rings. The summed E-state index contributed by atoms with van der Waals surface area (Å²) in [6.07, 6.45) is 0. The third-order valence-corrected chi connectivity index (χ3v) is 5.65. The molecule has 0 saturated carbocycles. The molecule has 4 rings (SSSR count). The minimum absolute atomic E-state index is 0.195. The zero-order chi connectivity index (χ0) is 25.1. The Balaban J connectivity index is 1.28. The normalized spacial score (nSPS) is 14.7. The molecule has 0 radical (unpaired) electrons. The number of nitrogens with one attached hydrogen (secondary N) is 3. The van der Waals surface area contributed by atoms with Crippen LogP contribution in [0.15, 0.2) is 36.4 Å². The van der Waals surface area contributed by atoms with Gasteiger partial charge in [-0.05, 0) is 46.3 Å². The average Bonchev–Trinajstić information content (AvgIpc) is 3.41. The fourth-order valence-electron chi connectivity index (χ4n) is 3.72. The van der Waals surface area contributed by atoms with Gasteiger partial charge in [0.05, 0.1) is 19.8 Å². The number of hydrogen-bond donors (Lipinski definition) is 6. The number of amides is 3. The summed E-state index contributed by atoms with van der Waals surface area (Å²) < 4.78 is 10.1. The van der Waals surface area contributed by atoms with E-state index in [0.29, 0.717) is 10.9 Å². The monoisotopic (exact) mass is 481 g/mol. The molecule has 14 heteroatoms. The lowest BCUT2D eigenvalue weighted by molar-refractivity contribution is -0.141. The van der Waals surface area contributed by atoms with Crippen LogP contribution >= 0.6 is 0 Å². The van der Waals surface area contributed by atoms with Gasteiger partial charge in [-0.25, -0.2) is 4.79 Å². The summed E-state index contributed by atoms with van der Waals surface area (Å²) in [4.78, 5) is 48.5. The van der Waals surface area contributed by atoms with Crippen LogP contribution in [0.4, 0.5) is 0 Å². The smallest absolute Gasteiger partial charge is 0.480 e. The van der Waals surface area contributed by atoms with Gasteiger partial charge in [-0.3, -0.25) is 14.4 Å². The highest BCUT2D eigenvalue weighted by atomic mass is 16.5. The molecular formula is C21H21B2N3O9. The minimum Gasteiger partial charge on any atom is -0.480 e. The van der Waals surface area contributed by atoms with E-state index in [2.05, 4.69) is 16.0 Å². The maximum atomic E-state index is 12.4. The van der Waals surface area contributed by atoms with Crippen molar-refractivity contribution >= 4 is 48.9 Å². The summed E-state index contributed by atoms with van der Waals surface area (Å²) in [6.45, 7) is -0.455. The van der Waals surface area contributed by atoms with E-state index in [1.165, 1.54) is 24.3 Å². The summed E-state index contributed by atoms with van der Waals surface area (Å²) in [6, 6.07) is 7.78. The zero-order valence-corrected chi connectivity index (χ0v) is 18.3. The highest BCUT2D eigenvalue weighted by Gasteiger charge is 2.29. The highest BCUT2D eigenvalue weighted by Crippen LogP contribution is 2.12. The number of carboxylic acids is 1. The molecular weight excluding hydrogens is 460 g/mol. The molecule has 0 fully saturated rings. The second-order valence-corrected chi connectivity index (χ2v) is 8.00. The van der Waals surface area contributed by atoms with Crippen LogP contribution in [0.1, 0.15) is 31.8 Å². The molecule has 0 bridgehead atoms. The van der Waals surface area contributed by atoms with Crippen molar-refractivity contribution in [2.75, 3.05) is 13.1 Å². The number of benzene rings is 2. The van der Waals surface area contributed by atoms with Gasteiger partial charge in [-0.15, -0.1) is 0 Å². The predicted molar refractivity (Wildman–Crippen MR) is 122 cm³/mol. The Labute approximate surface area is 199 Å². The van der Waals surface area contributed by atoms with Crippen molar-refractivity contribution in [3.8, 4) is 0 Å². The van der Waals surface area contributed by atoms with Gasteiger partial charge >= 0.3 is 20.2 Å². The van der Waals surface area contributed by atoms with Crippen LogP contribution in [0.5, 0.6) is 0 Å². The Bertz CT molecular complexity index is 1190. The van der Waals surface area contributed by atoms with Gasteiger partial charge in [0.2, 0.25) is 5.91 Å². The fourth-order valence-corrected chi connectivity index (χ4v) is 3.72. The quantitative estimate of drug-likeness (QED) is 0.212. The van der Waals surface area contributed by atoms with Crippen molar-refractivity contribution in [3.63, 3.8) is 0 Å². The van der Waals surface area contributed by atoms with Gasteiger partial charge in [-0.1, -0.05) is 12.1 Å². The first-order valence-electron chi connectivity index (χ1n) is 10.7. The lowest BCUT2D eigenvalue weighted by atomic mass is 9.79. The van der Waals surface area contributed by atoms with Crippen molar-refractivity contribution in [1.29, 1.82) is 0 Å². The van der Waals surface area contributed by atoms with Gasteiger partial charge in [0.15, 0.2) is 0 Å². The third-order valence-electron chi connectivity index (χ3n) is 5.65. The number of hydrogen-bond acceptors (Lipinski definition) is 8. The third kappa shape index (κ3) is 5.52. The molecule has 6 N–H and O–H groups in total. The van der Waals surface area contributed by atoms with Crippen LogP contribution in [-0.4, -0.2) is 72.2 Å². The van der Waals surface area contributed by atoms with Crippen molar-refractivity contribution in [3.05, 3.63) is 58.7 Å². The highest BCUT2D eigenvalue weighted by molar-refractivity contribution is 6.62. The zero-order valence-electron chi connectivity index (χ0n) is 18.3. The number of fused-ring (bicyclic) bond motifs is 2. The maximum absolute atomic E-state index is 12.4. The van der Waals surface area contributed by atoms with Crippen LogP contribution < -0.4 is 26.9 Å². The Morgan fingerprint density at radius 1 is 0.857 bits per heavy atom. The van der Waals surface area contributed by atoms with Crippen LogP contribution in [0, 0.1) is 0 Å². The molecule has 0 spiro atoms. The summed E-state index contributed by atoms with van der Waals surface area (Å²) in [5.74, 6) is -3.34. The molecule has 0 saturated heterocycles. The molecule has 0 unspecified atom stereocenters. The van der Waals surface area contributed by atoms with Gasteiger partial charge in [0.25, 0.3) is 11.8 Å². The maximum Gasteiger partial charge on any atom is 0.491 e. The molecule has 2 aliphatic rings. The molecule has 2 aliphatic heterocycles. The topological polar surface area (TPSA) is 184 Å². The first-order valence-corrected chi connectivity index (χ1v) is 10.7. The fraction of sp³-hybridized carbons (Fsp3) is 0.238. The van der Waals surface area contributed by atoms with Gasteiger partial charge in [0, 0.05) is 17.7 Å². The van der Waals surface area contributed by atoms with Crippen LogP contribution in [0.2, 0.25) is 0 Å². The van der Waals surface area contributed by atoms with Gasteiger partial charge in [-0.2, -0.15) is 0 Å². The first kappa shape index (κ1) is 24.4. The summed E-state index contributed by atoms with van der Waals surface area (Å²) in [7, 11) is -2.25. The molecule has 180 valence electrons. The second kappa shape index (κ2) is 10.3. The Morgan fingerprint density at radius 2 is 1.37 bits per heavy atom. The minimum atomic E-state index is -1.45. The Morgan fingerprint density at radius 3 is 1.89 bits per heavy atom. The molecule has 2 heterocycles. The Kier molecular flexibility index (Phi) is 7.17. The number of carbonyl (C=O) groups excluding carboxylic acids is 3. The number of carboxylic acid groups (broad SMARTS) is 1. The van der Waals surface area contributed by atoms with E-state index in [1.54, 1.807) is 12.1 Å². The molecule has 12 nitrogen and oxygen atoms in total. The molecule has 35 heavy (non-hydrogen) atoms. The van der Waals surface area contributed by atoms with E-state index in [0.717, 1.165) is 11.1 Å². The van der Waals surface area contributed by atoms with E-state index < -0.39 is 57.1 Å². The van der Waals surface area contributed by atoms with E-state index in [-0.39, 0.29) is 24.3 Å². The van der Waals surface area contributed by atoms with E-state index in [1.807, 2.05) is 0 Å². The van der Waals surface area contributed by atoms with Crippen molar-refractivity contribution in [2.24, 2.45) is 0 Å². The first-order chi connectivity index (χ1) is 16.7. The second-order valence-electron chi connectivity index (χ2n) is 8.00. The van der Waals surface area contributed by atoms with E-state index in [4.69, 9.17) is 9.31 Å². The van der Waals surface area contributed by atoms with Gasteiger partial charge < -0.3 is 40.4 Å². The summed E-state index contributed by atoms with van der Waals surface area (Å²) >= 11 is 0. The van der Waals surface area contributed by atoms with Gasteiger partial charge in [0.1, 0.15) is 6.04 Å². The summed E-state index contributed by atoms with van der Waals surface area (Å²) in [5.41, 5.74) is 2.82. The average molecular weight is 481 g/mol. The van der Waals surface area contributed by atoms with Crippen LogP contribution in [0.3, 0.4) is 0 Å². The standard InChI is InChI=1S/C21H21B2N3O9/c27-18(8-25-20(29)12-2-4-14-10-35-23(33)16(14)6-12)26-17(21(30)31)7-24-19(28)11-1-3-13-9-34-22(32)15(13)5-11/h1-6,17,32-33H,7-10H2,(H,24,28)(H,25,29)(H,26,27)(H,30,31)/t17-/m0/s1. The lowest BCUT2D eigenvalue weighted by Gasteiger charge is -2.16. The molecule has 1 atom stereocenters. The SMILES string of the molecule is O=C(CNC(=O)c1ccc2c(c1)B(O)OC2)N[C@@H](CNC(=O)c1ccc2c(c1)B(O)OC2)C(=O)O. The lowest BCUT2D eigenvalue weighted by Crippen LogP contribution is -2.51. The molecule has 2 aromatic carbocycles. The van der Waals surface area contributed by atoms with Crippen LogP contribution in [-0.2, 0) is 32.1 Å². The Hall–Kier alpha value is -3.71. The predicted octanol–water partition coefficient (Wildman–Crippen LogP) is -3.15. The number of rotatable bonds is 8. The largest absolute Gasteiger partial charge is 0.491 e. The molecule has 0 aliphatic carbocycles. The van der Waals surface area contributed by atoms with Crippen molar-refractivity contribution in [2.45, 2.75) is 19.3 Å².